The lowest BCUT2D eigenvalue weighted by Gasteiger charge is -2.29. The molecule has 2 aromatic carbocycles. The number of benzene rings is 2. The highest BCUT2D eigenvalue weighted by molar-refractivity contribution is 5.88. The highest BCUT2D eigenvalue weighted by Gasteiger charge is 2.30. The van der Waals surface area contributed by atoms with E-state index in [-0.39, 0.29) is 42.5 Å². The fourth-order valence-corrected chi connectivity index (χ4v) is 6.56. The average molecular weight is 621 g/mol. The monoisotopic (exact) mass is 620 g/mol. The van der Waals surface area contributed by atoms with Gasteiger partial charge in [0.1, 0.15) is 5.75 Å². The van der Waals surface area contributed by atoms with Gasteiger partial charge < -0.3 is 20.5 Å². The van der Waals surface area contributed by atoms with Crippen LogP contribution in [0.2, 0.25) is 0 Å². The number of ketones is 1. The van der Waals surface area contributed by atoms with Gasteiger partial charge in [-0.3, -0.25) is 14.4 Å². The first-order valence-corrected chi connectivity index (χ1v) is 17.1. The zero-order valence-corrected chi connectivity index (χ0v) is 27.9. The maximum Gasteiger partial charge on any atom is 0.223 e. The smallest absolute Gasteiger partial charge is 0.223 e. The molecule has 1 fully saturated rings. The molecule has 0 aliphatic heterocycles. The molecule has 0 aromatic heterocycles. The van der Waals surface area contributed by atoms with Crippen LogP contribution in [-0.4, -0.2) is 47.5 Å². The van der Waals surface area contributed by atoms with Crippen molar-refractivity contribution < 1.29 is 24.2 Å². The lowest BCUT2D eigenvalue weighted by molar-refractivity contribution is -0.128. The van der Waals surface area contributed by atoms with Gasteiger partial charge >= 0.3 is 0 Å². The quantitative estimate of drug-likeness (QED) is 0.162. The number of aryl methyl sites for hydroxylation is 1. The van der Waals surface area contributed by atoms with Crippen LogP contribution in [0, 0.1) is 24.7 Å². The number of nitrogens with one attached hydrogen (secondary N) is 2. The van der Waals surface area contributed by atoms with E-state index < -0.39 is 18.2 Å². The summed E-state index contributed by atoms with van der Waals surface area (Å²) >= 11 is 0. The molecule has 7 nitrogen and oxygen atoms in total. The molecule has 0 spiro atoms. The first-order chi connectivity index (χ1) is 21.6. The molecule has 3 rings (SSSR count). The Balaban J connectivity index is 1.68. The molecule has 4 atom stereocenters. The van der Waals surface area contributed by atoms with Crippen LogP contribution >= 0.6 is 0 Å². The number of aliphatic hydroxyl groups excluding tert-OH is 1. The van der Waals surface area contributed by atoms with E-state index in [4.69, 9.17) is 4.74 Å². The minimum absolute atomic E-state index is 0.00645. The Labute approximate surface area is 270 Å². The molecular weight excluding hydrogens is 564 g/mol. The van der Waals surface area contributed by atoms with Crippen molar-refractivity contribution in [1.82, 2.24) is 10.6 Å². The number of amides is 2. The summed E-state index contributed by atoms with van der Waals surface area (Å²) in [6.45, 7) is 7.58. The minimum atomic E-state index is -0.835. The number of hydrogen-bond acceptors (Lipinski definition) is 5. The lowest BCUT2D eigenvalue weighted by Crippen LogP contribution is -2.47. The SMILES string of the molecule is CC(=O)N[C@H](C(=O)C[C@@H](CCCC1CCCCC1)C[C@H](O)[C@H](Cc1ccccc1)NC(=O)CCOc1ccc(C)cc1)C(C)C. The molecule has 2 aromatic rings. The second kappa shape index (κ2) is 19.4. The zero-order valence-electron chi connectivity index (χ0n) is 27.9. The lowest BCUT2D eigenvalue weighted by atomic mass is 9.81. The molecule has 2 amide bonds. The molecule has 0 saturated heterocycles. The van der Waals surface area contributed by atoms with Crippen LogP contribution < -0.4 is 15.4 Å². The Kier molecular flexibility index (Phi) is 15.6. The van der Waals surface area contributed by atoms with Gasteiger partial charge in [0.15, 0.2) is 5.78 Å². The fourth-order valence-electron chi connectivity index (χ4n) is 6.56. The Morgan fingerprint density at radius 3 is 2.29 bits per heavy atom. The van der Waals surface area contributed by atoms with Gasteiger partial charge in [0.05, 0.1) is 31.2 Å². The Morgan fingerprint density at radius 1 is 0.956 bits per heavy atom. The van der Waals surface area contributed by atoms with Crippen LogP contribution in [0.1, 0.15) is 103 Å². The van der Waals surface area contributed by atoms with Gasteiger partial charge in [0.2, 0.25) is 11.8 Å². The summed E-state index contributed by atoms with van der Waals surface area (Å²) in [7, 11) is 0. The van der Waals surface area contributed by atoms with Crippen LogP contribution in [0.3, 0.4) is 0 Å². The summed E-state index contributed by atoms with van der Waals surface area (Å²) in [6.07, 6.45) is 9.98. The highest BCUT2D eigenvalue weighted by atomic mass is 16.5. The molecule has 0 unspecified atom stereocenters. The van der Waals surface area contributed by atoms with Crippen molar-refractivity contribution in [1.29, 1.82) is 0 Å². The minimum Gasteiger partial charge on any atom is -0.493 e. The summed E-state index contributed by atoms with van der Waals surface area (Å²) in [5, 5.41) is 17.6. The van der Waals surface area contributed by atoms with Crippen LogP contribution in [0.15, 0.2) is 54.6 Å². The van der Waals surface area contributed by atoms with Crippen molar-refractivity contribution >= 4 is 17.6 Å². The number of ether oxygens (including phenoxy) is 1. The first-order valence-electron chi connectivity index (χ1n) is 17.1. The maximum atomic E-state index is 13.5. The fraction of sp³-hybridized carbons (Fsp3) is 0.605. The largest absolute Gasteiger partial charge is 0.493 e. The van der Waals surface area contributed by atoms with E-state index >= 15 is 0 Å². The highest BCUT2D eigenvalue weighted by Crippen LogP contribution is 2.30. The molecule has 0 radical (unpaired) electrons. The van der Waals surface area contributed by atoms with Crippen LogP contribution in [0.25, 0.3) is 0 Å². The summed E-state index contributed by atoms with van der Waals surface area (Å²) in [4.78, 5) is 38.4. The first kappa shape index (κ1) is 36.3. The van der Waals surface area contributed by atoms with E-state index in [9.17, 15) is 19.5 Å². The molecule has 3 N–H and O–H groups in total. The van der Waals surface area contributed by atoms with E-state index in [1.54, 1.807) is 0 Å². The van der Waals surface area contributed by atoms with Gasteiger partial charge in [-0.1, -0.05) is 107 Å². The molecule has 1 saturated carbocycles. The van der Waals surface area contributed by atoms with E-state index in [1.165, 1.54) is 39.0 Å². The molecular formula is C38H56N2O5. The molecule has 0 heterocycles. The van der Waals surface area contributed by atoms with Crippen molar-refractivity contribution in [3.63, 3.8) is 0 Å². The predicted octanol–water partition coefficient (Wildman–Crippen LogP) is 6.73. The Morgan fingerprint density at radius 2 is 1.64 bits per heavy atom. The summed E-state index contributed by atoms with van der Waals surface area (Å²) < 4.78 is 5.77. The van der Waals surface area contributed by atoms with Crippen LogP contribution in [0.5, 0.6) is 5.75 Å². The normalized spacial score (nSPS) is 16.4. The number of carbonyl (C=O) groups is 3. The van der Waals surface area contributed by atoms with Gasteiger partial charge in [-0.15, -0.1) is 0 Å². The second-order valence-electron chi connectivity index (χ2n) is 13.5. The number of hydrogen-bond donors (Lipinski definition) is 3. The van der Waals surface area contributed by atoms with E-state index in [0.29, 0.717) is 25.0 Å². The average Bonchev–Trinajstić information content (AvgIpc) is 3.01. The number of aliphatic hydroxyl groups is 1. The van der Waals surface area contributed by atoms with E-state index in [0.717, 1.165) is 36.3 Å². The molecule has 1 aliphatic rings. The number of Topliss-reactive ketones (excluding diaryl/α,β-unsaturated/α-hetero) is 1. The molecule has 1 aliphatic carbocycles. The van der Waals surface area contributed by atoms with Crippen LogP contribution in [-0.2, 0) is 20.8 Å². The van der Waals surface area contributed by atoms with Crippen molar-refractivity contribution in [2.24, 2.45) is 17.8 Å². The Hall–Kier alpha value is -3.19. The Bertz CT molecular complexity index is 1160. The summed E-state index contributed by atoms with van der Waals surface area (Å²) in [5.41, 5.74) is 2.16. The van der Waals surface area contributed by atoms with Gasteiger partial charge in [-0.05, 0) is 61.6 Å². The predicted molar refractivity (Wildman–Crippen MR) is 180 cm³/mol. The van der Waals surface area contributed by atoms with Gasteiger partial charge in [-0.2, -0.15) is 0 Å². The van der Waals surface area contributed by atoms with Crippen molar-refractivity contribution in [3.8, 4) is 5.75 Å². The third-order valence-electron chi connectivity index (χ3n) is 9.11. The maximum absolute atomic E-state index is 13.5. The van der Waals surface area contributed by atoms with Crippen LogP contribution in [0.4, 0.5) is 0 Å². The van der Waals surface area contributed by atoms with Gasteiger partial charge in [0, 0.05) is 13.3 Å². The number of carbonyl (C=O) groups excluding carboxylic acids is 3. The van der Waals surface area contributed by atoms with Crippen molar-refractivity contribution in [2.75, 3.05) is 6.61 Å². The third-order valence-corrected chi connectivity index (χ3v) is 9.11. The molecule has 0 bridgehead atoms. The van der Waals surface area contributed by atoms with Crippen molar-refractivity contribution in [2.45, 2.75) is 123 Å². The van der Waals surface area contributed by atoms with Gasteiger partial charge in [0.25, 0.3) is 0 Å². The van der Waals surface area contributed by atoms with Crippen molar-refractivity contribution in [3.05, 3.63) is 65.7 Å². The second-order valence-corrected chi connectivity index (χ2v) is 13.5. The summed E-state index contributed by atoms with van der Waals surface area (Å²) in [5.74, 6) is 0.995. The topological polar surface area (TPSA) is 105 Å². The standard InChI is InChI=1S/C38H56N2O5/c1-27(2)38(39-29(4)41)36(43)26-32(17-11-16-30-12-7-5-8-13-30)25-35(42)34(24-31-14-9-6-10-15-31)40-37(44)22-23-45-33-20-18-28(3)19-21-33/h6,9-10,14-15,18-21,27,30,32,34-35,38,42H,5,7-8,11-13,16-17,22-26H2,1-4H3,(H,39,41)(H,40,44)/t32-,34-,35-,38-/m0/s1. The molecule has 45 heavy (non-hydrogen) atoms. The molecule has 7 heteroatoms. The van der Waals surface area contributed by atoms with Gasteiger partial charge in [-0.25, -0.2) is 0 Å². The summed E-state index contributed by atoms with van der Waals surface area (Å²) in [6, 6.07) is 16.5. The van der Waals surface area contributed by atoms with E-state index in [2.05, 4.69) is 10.6 Å². The third kappa shape index (κ3) is 13.8. The number of rotatable bonds is 19. The molecule has 248 valence electrons. The van der Waals surface area contributed by atoms with E-state index in [1.807, 2.05) is 75.4 Å². The zero-order chi connectivity index (χ0) is 32.6.